The summed E-state index contributed by atoms with van der Waals surface area (Å²) in [7, 11) is 3.29. The minimum absolute atomic E-state index is 0.00946. The van der Waals surface area contributed by atoms with Crippen molar-refractivity contribution >= 4 is 17.6 Å². The zero-order chi connectivity index (χ0) is 21.8. The van der Waals surface area contributed by atoms with Gasteiger partial charge >= 0.3 is 0 Å². The van der Waals surface area contributed by atoms with Crippen LogP contribution in [0.4, 0.5) is 10.1 Å². The number of carbonyl (C=O) groups is 1. The number of aliphatic imine (C=N–C) groups is 1. The number of halogens is 1. The lowest BCUT2D eigenvalue weighted by Crippen LogP contribution is -2.41. The fourth-order valence-electron chi connectivity index (χ4n) is 2.66. The monoisotopic (exact) mass is 416 g/mol. The molecule has 0 aliphatic carbocycles. The summed E-state index contributed by atoms with van der Waals surface area (Å²) in [6, 6.07) is 11.7. The smallest absolute Gasteiger partial charge is 0.243 e. The van der Waals surface area contributed by atoms with Crippen LogP contribution in [0.15, 0.2) is 47.5 Å². The van der Waals surface area contributed by atoms with Gasteiger partial charge in [0.15, 0.2) is 5.96 Å². The van der Waals surface area contributed by atoms with Crippen molar-refractivity contribution in [3.8, 4) is 5.75 Å². The van der Waals surface area contributed by atoms with Crippen LogP contribution >= 0.6 is 0 Å². The fraction of sp³-hybridized carbons (Fsp3) is 0.364. The predicted octanol–water partition coefficient (Wildman–Crippen LogP) is 2.85. The Labute approximate surface area is 176 Å². The van der Waals surface area contributed by atoms with Crippen molar-refractivity contribution < 1.29 is 18.7 Å². The number of methoxy groups -OCH3 is 1. The zero-order valence-electron chi connectivity index (χ0n) is 17.6. The first-order valence-corrected chi connectivity index (χ1v) is 9.73. The normalized spacial score (nSPS) is 11.1. The molecular weight excluding hydrogens is 387 g/mol. The fourth-order valence-corrected chi connectivity index (χ4v) is 2.66. The molecule has 0 atom stereocenters. The molecule has 30 heavy (non-hydrogen) atoms. The molecule has 0 heterocycles. The summed E-state index contributed by atoms with van der Waals surface area (Å²) < 4.78 is 24.1. The third-order valence-electron chi connectivity index (χ3n) is 4.17. The van der Waals surface area contributed by atoms with Gasteiger partial charge in [0, 0.05) is 45.0 Å². The number of hydrogen-bond acceptors (Lipinski definition) is 4. The molecular formula is C22H29FN4O3. The molecule has 1 amide bonds. The number of ether oxygens (including phenoxy) is 2. The van der Waals surface area contributed by atoms with E-state index in [9.17, 15) is 9.18 Å². The van der Waals surface area contributed by atoms with E-state index in [1.807, 2.05) is 25.1 Å². The van der Waals surface area contributed by atoms with Gasteiger partial charge in [0.2, 0.25) is 5.91 Å². The molecule has 2 aromatic rings. The molecule has 0 radical (unpaired) electrons. The van der Waals surface area contributed by atoms with Crippen molar-refractivity contribution in [2.75, 3.05) is 39.2 Å². The van der Waals surface area contributed by atoms with Crippen molar-refractivity contribution in [2.45, 2.75) is 19.9 Å². The molecule has 0 aliphatic heterocycles. The molecule has 162 valence electrons. The van der Waals surface area contributed by atoms with Crippen LogP contribution in [0.25, 0.3) is 0 Å². The average molecular weight is 416 g/mol. The summed E-state index contributed by atoms with van der Waals surface area (Å²) in [5.41, 5.74) is 2.49. The van der Waals surface area contributed by atoms with Gasteiger partial charge < -0.3 is 25.4 Å². The van der Waals surface area contributed by atoms with Crippen molar-refractivity contribution in [3.63, 3.8) is 0 Å². The van der Waals surface area contributed by atoms with Gasteiger partial charge in [0.1, 0.15) is 11.6 Å². The van der Waals surface area contributed by atoms with Crippen LogP contribution in [-0.2, 0) is 16.1 Å². The first kappa shape index (κ1) is 23.2. The van der Waals surface area contributed by atoms with Crippen LogP contribution in [0.1, 0.15) is 17.5 Å². The second-order valence-corrected chi connectivity index (χ2v) is 6.64. The molecule has 0 unspecified atom stereocenters. The maximum Gasteiger partial charge on any atom is 0.243 e. The minimum Gasteiger partial charge on any atom is -0.493 e. The summed E-state index contributed by atoms with van der Waals surface area (Å²) in [4.78, 5) is 16.2. The number of amides is 1. The molecule has 3 N–H and O–H groups in total. The highest BCUT2D eigenvalue weighted by atomic mass is 19.1. The lowest BCUT2D eigenvalue weighted by Gasteiger charge is -2.15. The van der Waals surface area contributed by atoms with E-state index in [1.54, 1.807) is 20.2 Å². The first-order valence-electron chi connectivity index (χ1n) is 9.73. The Balaban J connectivity index is 1.85. The van der Waals surface area contributed by atoms with Crippen LogP contribution in [0, 0.1) is 12.7 Å². The molecule has 0 spiro atoms. The molecule has 0 aromatic heterocycles. The van der Waals surface area contributed by atoms with E-state index in [4.69, 9.17) is 9.47 Å². The summed E-state index contributed by atoms with van der Waals surface area (Å²) in [5, 5.41) is 8.74. The van der Waals surface area contributed by atoms with Crippen molar-refractivity contribution in [1.29, 1.82) is 0 Å². The van der Waals surface area contributed by atoms with E-state index in [-0.39, 0.29) is 12.5 Å². The highest BCUT2D eigenvalue weighted by Gasteiger charge is 2.08. The van der Waals surface area contributed by atoms with Gasteiger partial charge in [-0.25, -0.2) is 4.39 Å². The Bertz CT molecular complexity index is 858. The third kappa shape index (κ3) is 8.08. The number of hydrogen-bond donors (Lipinski definition) is 3. The Kier molecular flexibility index (Phi) is 9.60. The van der Waals surface area contributed by atoms with E-state index >= 15 is 0 Å². The van der Waals surface area contributed by atoms with Gasteiger partial charge in [0.05, 0.1) is 13.2 Å². The van der Waals surface area contributed by atoms with Crippen LogP contribution in [0.2, 0.25) is 0 Å². The number of carbonyl (C=O) groups excluding carboxylic acids is 1. The average Bonchev–Trinajstić information content (AvgIpc) is 2.72. The van der Waals surface area contributed by atoms with Crippen LogP contribution < -0.4 is 20.7 Å². The number of anilines is 1. The molecule has 2 rings (SSSR count). The molecule has 0 saturated carbocycles. The summed E-state index contributed by atoms with van der Waals surface area (Å²) >= 11 is 0. The Morgan fingerprint density at radius 1 is 1.13 bits per heavy atom. The molecule has 7 nitrogen and oxygen atoms in total. The zero-order valence-corrected chi connectivity index (χ0v) is 17.6. The second-order valence-electron chi connectivity index (χ2n) is 6.64. The van der Waals surface area contributed by atoms with E-state index in [0.29, 0.717) is 31.4 Å². The van der Waals surface area contributed by atoms with E-state index in [0.717, 1.165) is 23.3 Å². The number of guanidine groups is 1. The molecule has 0 aliphatic rings. The number of nitrogens with zero attached hydrogens (tertiary/aromatic N) is 1. The number of rotatable bonds is 10. The lowest BCUT2D eigenvalue weighted by molar-refractivity contribution is -0.115. The third-order valence-corrected chi connectivity index (χ3v) is 4.17. The topological polar surface area (TPSA) is 84.0 Å². The van der Waals surface area contributed by atoms with E-state index < -0.39 is 5.82 Å². The number of nitrogens with one attached hydrogen (secondary N) is 3. The van der Waals surface area contributed by atoms with Crippen molar-refractivity contribution in [3.05, 3.63) is 59.4 Å². The van der Waals surface area contributed by atoms with Gasteiger partial charge in [-0.15, -0.1) is 0 Å². The van der Waals surface area contributed by atoms with Gasteiger partial charge in [-0.3, -0.25) is 9.79 Å². The lowest BCUT2D eigenvalue weighted by atomic mass is 10.1. The maximum atomic E-state index is 13.2. The Morgan fingerprint density at radius 2 is 1.97 bits per heavy atom. The Morgan fingerprint density at radius 3 is 2.70 bits per heavy atom. The largest absolute Gasteiger partial charge is 0.493 e. The van der Waals surface area contributed by atoms with Gasteiger partial charge in [-0.1, -0.05) is 18.2 Å². The minimum atomic E-state index is -0.406. The van der Waals surface area contributed by atoms with Gasteiger partial charge in [-0.2, -0.15) is 0 Å². The SMILES string of the molecule is CN=C(NCC(=O)Nc1cccc(F)c1)NCc1ccc(C)cc1OCCCOC. The van der Waals surface area contributed by atoms with Gasteiger partial charge in [-0.05, 0) is 36.8 Å². The molecule has 8 heteroatoms. The van der Waals surface area contributed by atoms with Crippen molar-refractivity contribution in [1.82, 2.24) is 10.6 Å². The summed E-state index contributed by atoms with van der Waals surface area (Å²) in [6.07, 6.45) is 0.807. The maximum absolute atomic E-state index is 13.2. The Hall–Kier alpha value is -3.13. The molecule has 2 aromatic carbocycles. The summed E-state index contributed by atoms with van der Waals surface area (Å²) in [5.74, 6) is 0.561. The van der Waals surface area contributed by atoms with Gasteiger partial charge in [0.25, 0.3) is 0 Å². The molecule has 0 bridgehead atoms. The molecule has 0 fully saturated rings. The predicted molar refractivity (Wildman–Crippen MR) is 116 cm³/mol. The highest BCUT2D eigenvalue weighted by molar-refractivity contribution is 5.94. The second kappa shape index (κ2) is 12.4. The van der Waals surface area contributed by atoms with E-state index in [2.05, 4.69) is 20.9 Å². The number of aryl methyl sites for hydroxylation is 1. The van der Waals surface area contributed by atoms with Crippen LogP contribution in [0.3, 0.4) is 0 Å². The quantitative estimate of drug-likeness (QED) is 0.315. The van der Waals surface area contributed by atoms with Crippen molar-refractivity contribution in [2.24, 2.45) is 4.99 Å². The highest BCUT2D eigenvalue weighted by Crippen LogP contribution is 2.20. The summed E-state index contributed by atoms with van der Waals surface area (Å²) in [6.45, 7) is 3.69. The number of benzene rings is 2. The van der Waals surface area contributed by atoms with Crippen LogP contribution in [0.5, 0.6) is 5.75 Å². The first-order chi connectivity index (χ1) is 14.5. The standard InChI is InChI=1S/C22H29FN4O3/c1-16-8-9-17(20(12-16)30-11-5-10-29-3)14-25-22(24-2)26-15-21(28)27-19-7-4-6-18(23)13-19/h4,6-9,12-13H,5,10-11,14-15H2,1-3H3,(H,27,28)(H2,24,25,26). The van der Waals surface area contributed by atoms with E-state index in [1.165, 1.54) is 18.2 Å². The van der Waals surface area contributed by atoms with Crippen LogP contribution in [-0.4, -0.2) is 45.8 Å². The molecule has 0 saturated heterocycles.